The van der Waals surface area contributed by atoms with Crippen molar-refractivity contribution in [2.75, 3.05) is 13.2 Å². The van der Waals surface area contributed by atoms with Crippen LogP contribution in [0.5, 0.6) is 0 Å². The Morgan fingerprint density at radius 2 is 0.783 bits per heavy atom. The minimum absolute atomic E-state index is 0.00232. The standard InChI is InChI=1S/C54H103NO5/c1-3-5-7-9-11-13-15-17-23-26-30-34-38-42-46-52(57)51(50-56)55-53(58)47-43-39-35-31-27-24-21-19-18-20-22-25-29-33-37-41-45-49-60-54(59)48-44-40-36-32-28-16-14-12-10-8-6-4-2/h18,20,42,46,51-52,56-57H,3-17,19,21-41,43-45,47-50H2,1-2H3,(H,55,58)/b20-18-,46-42+. The Morgan fingerprint density at radius 1 is 0.450 bits per heavy atom. The highest BCUT2D eigenvalue weighted by Gasteiger charge is 2.18. The first-order valence-electron chi connectivity index (χ1n) is 26.6. The fraction of sp³-hybridized carbons (Fsp3) is 0.889. The highest BCUT2D eigenvalue weighted by molar-refractivity contribution is 5.76. The van der Waals surface area contributed by atoms with Crippen LogP contribution in [0.3, 0.4) is 0 Å². The Bertz CT molecular complexity index is 935. The number of rotatable bonds is 49. The maximum absolute atomic E-state index is 12.4. The van der Waals surface area contributed by atoms with Gasteiger partial charge in [0.25, 0.3) is 0 Å². The van der Waals surface area contributed by atoms with E-state index in [1.165, 1.54) is 199 Å². The summed E-state index contributed by atoms with van der Waals surface area (Å²) in [6.45, 7) is 4.88. The Balaban J connectivity index is 3.49. The smallest absolute Gasteiger partial charge is 0.305 e. The van der Waals surface area contributed by atoms with E-state index in [4.69, 9.17) is 4.74 Å². The van der Waals surface area contributed by atoms with Crippen molar-refractivity contribution < 1.29 is 24.5 Å². The number of aliphatic hydroxyl groups excluding tert-OH is 2. The lowest BCUT2D eigenvalue weighted by atomic mass is 10.0. The van der Waals surface area contributed by atoms with Crippen LogP contribution in [0.15, 0.2) is 24.3 Å². The number of carbonyl (C=O) groups is 2. The van der Waals surface area contributed by atoms with Crippen LogP contribution < -0.4 is 5.32 Å². The molecule has 2 atom stereocenters. The Labute approximate surface area is 373 Å². The molecule has 0 rings (SSSR count). The highest BCUT2D eigenvalue weighted by Crippen LogP contribution is 2.16. The van der Waals surface area contributed by atoms with E-state index < -0.39 is 12.1 Å². The quantitative estimate of drug-likeness (QED) is 0.0322. The van der Waals surface area contributed by atoms with Crippen LogP contribution >= 0.6 is 0 Å². The fourth-order valence-electron chi connectivity index (χ4n) is 8.10. The molecular formula is C54H103NO5. The van der Waals surface area contributed by atoms with Crippen molar-refractivity contribution >= 4 is 11.9 Å². The van der Waals surface area contributed by atoms with Crippen molar-refractivity contribution in [1.29, 1.82) is 0 Å². The predicted molar refractivity (Wildman–Crippen MR) is 260 cm³/mol. The Morgan fingerprint density at radius 3 is 1.18 bits per heavy atom. The molecule has 6 heteroatoms. The van der Waals surface area contributed by atoms with E-state index in [-0.39, 0.29) is 18.5 Å². The van der Waals surface area contributed by atoms with Gasteiger partial charge in [-0.3, -0.25) is 9.59 Å². The number of hydrogen-bond donors (Lipinski definition) is 3. The van der Waals surface area contributed by atoms with Gasteiger partial charge in [-0.25, -0.2) is 0 Å². The number of ether oxygens (including phenoxy) is 1. The summed E-state index contributed by atoms with van der Waals surface area (Å²) in [5, 5.41) is 23.0. The van der Waals surface area contributed by atoms with Gasteiger partial charge in [0.1, 0.15) is 0 Å². The van der Waals surface area contributed by atoms with Gasteiger partial charge in [-0.05, 0) is 57.8 Å². The molecule has 60 heavy (non-hydrogen) atoms. The van der Waals surface area contributed by atoms with Crippen molar-refractivity contribution in [3.63, 3.8) is 0 Å². The number of carbonyl (C=O) groups excluding carboxylic acids is 2. The molecule has 0 aromatic carbocycles. The van der Waals surface area contributed by atoms with Crippen molar-refractivity contribution in [2.45, 2.75) is 296 Å². The molecule has 0 radical (unpaired) electrons. The van der Waals surface area contributed by atoms with Gasteiger partial charge in [0, 0.05) is 12.8 Å². The van der Waals surface area contributed by atoms with Crippen LogP contribution in [0, 0.1) is 0 Å². The van der Waals surface area contributed by atoms with Gasteiger partial charge in [-0.2, -0.15) is 0 Å². The first-order chi connectivity index (χ1) is 29.5. The Kier molecular flexibility index (Phi) is 48.6. The van der Waals surface area contributed by atoms with E-state index in [1.54, 1.807) is 6.08 Å². The zero-order valence-electron chi connectivity index (χ0n) is 40.2. The van der Waals surface area contributed by atoms with E-state index >= 15 is 0 Å². The summed E-state index contributed by atoms with van der Waals surface area (Å²) < 4.78 is 5.45. The minimum atomic E-state index is -0.851. The van der Waals surface area contributed by atoms with Crippen LogP contribution in [0.1, 0.15) is 284 Å². The van der Waals surface area contributed by atoms with Crippen LogP contribution in [0.4, 0.5) is 0 Å². The average molecular weight is 846 g/mol. The first-order valence-corrected chi connectivity index (χ1v) is 26.6. The lowest BCUT2D eigenvalue weighted by Gasteiger charge is -2.20. The normalized spacial score (nSPS) is 12.8. The topological polar surface area (TPSA) is 95.9 Å². The predicted octanol–water partition coefficient (Wildman–Crippen LogP) is 15.9. The summed E-state index contributed by atoms with van der Waals surface area (Å²) in [4.78, 5) is 24.4. The molecule has 0 fully saturated rings. The van der Waals surface area contributed by atoms with Crippen LogP contribution in [0.25, 0.3) is 0 Å². The van der Waals surface area contributed by atoms with Crippen molar-refractivity contribution in [3.8, 4) is 0 Å². The number of hydrogen-bond acceptors (Lipinski definition) is 5. The van der Waals surface area contributed by atoms with Gasteiger partial charge < -0.3 is 20.3 Å². The van der Waals surface area contributed by atoms with E-state index in [0.717, 1.165) is 57.8 Å². The molecule has 3 N–H and O–H groups in total. The zero-order chi connectivity index (χ0) is 43.7. The third-order valence-electron chi connectivity index (χ3n) is 12.2. The molecule has 0 aliphatic heterocycles. The number of nitrogens with one attached hydrogen (secondary N) is 1. The van der Waals surface area contributed by atoms with Crippen molar-refractivity contribution in [3.05, 3.63) is 24.3 Å². The van der Waals surface area contributed by atoms with E-state index in [0.29, 0.717) is 19.4 Å². The molecule has 0 aliphatic rings. The summed E-state index contributed by atoms with van der Waals surface area (Å²) in [5.74, 6) is -0.0821. The molecule has 0 heterocycles. The molecule has 0 aromatic rings. The SMILES string of the molecule is CCCCCCCCCCCCCC/C=C/C(O)C(CO)NC(=O)CCCCCCCCC/C=C\CCCCCCCCOC(=O)CCCCCCCCCCCCCC. The average Bonchev–Trinajstić information content (AvgIpc) is 3.25. The van der Waals surface area contributed by atoms with E-state index in [2.05, 4.69) is 31.3 Å². The number of esters is 1. The fourth-order valence-corrected chi connectivity index (χ4v) is 8.10. The maximum atomic E-state index is 12.4. The van der Waals surface area contributed by atoms with Crippen molar-refractivity contribution in [2.24, 2.45) is 0 Å². The van der Waals surface area contributed by atoms with Crippen LogP contribution in [-0.4, -0.2) is 47.4 Å². The molecular weight excluding hydrogens is 743 g/mol. The van der Waals surface area contributed by atoms with Crippen LogP contribution in [0.2, 0.25) is 0 Å². The first kappa shape index (κ1) is 58.3. The third-order valence-corrected chi connectivity index (χ3v) is 12.2. The summed E-state index contributed by atoms with van der Waals surface area (Å²) in [5.41, 5.74) is 0. The molecule has 1 amide bonds. The van der Waals surface area contributed by atoms with Gasteiger partial charge in [0.2, 0.25) is 5.91 Å². The highest BCUT2D eigenvalue weighted by atomic mass is 16.5. The molecule has 0 aliphatic carbocycles. The molecule has 0 saturated carbocycles. The van der Waals surface area contributed by atoms with Crippen molar-refractivity contribution in [1.82, 2.24) is 5.32 Å². The van der Waals surface area contributed by atoms with E-state index in [1.807, 2.05) is 6.08 Å². The number of aliphatic hydroxyl groups is 2. The lowest BCUT2D eigenvalue weighted by Crippen LogP contribution is -2.45. The monoisotopic (exact) mass is 846 g/mol. The third kappa shape index (κ3) is 45.9. The summed E-state index contributed by atoms with van der Waals surface area (Å²) in [7, 11) is 0. The summed E-state index contributed by atoms with van der Waals surface area (Å²) in [6.07, 6.45) is 58.9. The largest absolute Gasteiger partial charge is 0.466 e. The zero-order valence-corrected chi connectivity index (χ0v) is 40.2. The van der Waals surface area contributed by atoms with Gasteiger partial charge in [0.05, 0.1) is 25.4 Å². The van der Waals surface area contributed by atoms with Gasteiger partial charge >= 0.3 is 5.97 Å². The summed E-state index contributed by atoms with van der Waals surface area (Å²) in [6, 6.07) is -0.635. The molecule has 354 valence electrons. The Hall–Kier alpha value is -1.66. The molecule has 2 unspecified atom stereocenters. The van der Waals surface area contributed by atoms with Gasteiger partial charge in [-0.15, -0.1) is 0 Å². The van der Waals surface area contributed by atoms with Crippen LogP contribution in [-0.2, 0) is 14.3 Å². The number of unbranched alkanes of at least 4 members (excludes halogenated alkanes) is 36. The van der Waals surface area contributed by atoms with Gasteiger partial charge in [-0.1, -0.05) is 237 Å². The second kappa shape index (κ2) is 50.0. The second-order valence-corrected chi connectivity index (χ2v) is 18.2. The second-order valence-electron chi connectivity index (χ2n) is 18.2. The molecule has 0 bridgehead atoms. The maximum Gasteiger partial charge on any atom is 0.305 e. The molecule has 0 aromatic heterocycles. The summed E-state index contributed by atoms with van der Waals surface area (Å²) >= 11 is 0. The number of amides is 1. The molecule has 0 spiro atoms. The molecule has 6 nitrogen and oxygen atoms in total. The van der Waals surface area contributed by atoms with Gasteiger partial charge in [0.15, 0.2) is 0 Å². The van der Waals surface area contributed by atoms with E-state index in [9.17, 15) is 19.8 Å². The lowest BCUT2D eigenvalue weighted by molar-refractivity contribution is -0.143. The molecule has 0 saturated heterocycles. The number of allylic oxidation sites excluding steroid dienone is 3. The minimum Gasteiger partial charge on any atom is -0.466 e.